The lowest BCUT2D eigenvalue weighted by atomic mass is 9.93. The van der Waals surface area contributed by atoms with Gasteiger partial charge in [-0.1, -0.05) is 0 Å². The number of anilines is 1. The number of carbonyl (C=O) groups is 2. The molecule has 1 saturated heterocycles. The molecule has 1 aromatic carbocycles. The van der Waals surface area contributed by atoms with Crippen molar-refractivity contribution in [1.29, 1.82) is 0 Å². The molecule has 5 nitrogen and oxygen atoms in total. The molecule has 3 rings (SSSR count). The maximum atomic E-state index is 13.5. The molecule has 0 bridgehead atoms. The van der Waals surface area contributed by atoms with Gasteiger partial charge in [0.1, 0.15) is 17.5 Å². The zero-order valence-corrected chi connectivity index (χ0v) is 16.9. The van der Waals surface area contributed by atoms with Crippen LogP contribution in [0, 0.1) is 31.4 Å². The van der Waals surface area contributed by atoms with Crippen molar-refractivity contribution in [3.05, 3.63) is 47.2 Å². The van der Waals surface area contributed by atoms with Crippen molar-refractivity contribution in [3.8, 4) is 11.1 Å². The lowest BCUT2D eigenvalue weighted by Crippen LogP contribution is -2.37. The Bertz CT molecular complexity index is 918. The number of nitrogens with one attached hydrogen (secondary N) is 1. The van der Waals surface area contributed by atoms with Crippen LogP contribution in [0.15, 0.2) is 24.4 Å². The van der Waals surface area contributed by atoms with Gasteiger partial charge in [0.05, 0.1) is 0 Å². The molecule has 0 atom stereocenters. The number of nitrogens with zero attached hydrogens (tertiary/aromatic N) is 2. The Morgan fingerprint density at radius 1 is 1.10 bits per heavy atom. The minimum absolute atomic E-state index is 0.0708. The average Bonchev–Trinajstić information content (AvgIpc) is 2.65. The van der Waals surface area contributed by atoms with Crippen LogP contribution in [0.1, 0.15) is 37.3 Å². The summed E-state index contributed by atoms with van der Waals surface area (Å²) in [6.07, 6.45) is 3.52. The SMILES string of the molecule is CC(=O)N1CCC(CC(=O)Nc2ncc(-c3cc(F)cc(F)c3)c(C)c2C)CC1. The molecule has 2 aromatic rings. The predicted molar refractivity (Wildman–Crippen MR) is 107 cm³/mol. The highest BCUT2D eigenvalue weighted by atomic mass is 19.1. The Morgan fingerprint density at radius 2 is 1.72 bits per heavy atom. The standard InChI is InChI=1S/C22H25F2N3O2/c1-13-14(2)22(25-12-20(13)17-9-18(23)11-19(24)10-17)26-21(29)8-16-4-6-27(7-5-16)15(3)28/h9-12,16H,4-8H2,1-3H3,(H,25,26,29). The third kappa shape index (κ3) is 4.96. The fourth-order valence-corrected chi connectivity index (χ4v) is 3.73. The minimum atomic E-state index is -0.648. The first-order valence-corrected chi connectivity index (χ1v) is 9.72. The summed E-state index contributed by atoms with van der Waals surface area (Å²) >= 11 is 0. The molecule has 0 spiro atoms. The number of halogens is 2. The molecule has 7 heteroatoms. The molecule has 1 fully saturated rings. The van der Waals surface area contributed by atoms with Crippen LogP contribution in [0.25, 0.3) is 11.1 Å². The molecule has 1 aromatic heterocycles. The Kier molecular flexibility index (Phi) is 6.25. The Hall–Kier alpha value is -2.83. The van der Waals surface area contributed by atoms with E-state index in [1.807, 2.05) is 13.8 Å². The normalized spacial score (nSPS) is 14.7. The molecule has 0 saturated carbocycles. The number of piperidine rings is 1. The van der Waals surface area contributed by atoms with Gasteiger partial charge in [-0.05, 0) is 61.4 Å². The van der Waals surface area contributed by atoms with Crippen LogP contribution >= 0.6 is 0 Å². The number of carbonyl (C=O) groups excluding carboxylic acids is 2. The highest BCUT2D eigenvalue weighted by molar-refractivity contribution is 5.91. The number of likely N-dealkylation sites (tertiary alicyclic amines) is 1. The first kappa shape index (κ1) is 20.9. The quantitative estimate of drug-likeness (QED) is 0.834. The summed E-state index contributed by atoms with van der Waals surface area (Å²) in [7, 11) is 0. The fourth-order valence-electron chi connectivity index (χ4n) is 3.73. The highest BCUT2D eigenvalue weighted by Gasteiger charge is 2.23. The molecule has 1 N–H and O–H groups in total. The highest BCUT2D eigenvalue weighted by Crippen LogP contribution is 2.29. The van der Waals surface area contributed by atoms with Crippen molar-refractivity contribution in [3.63, 3.8) is 0 Å². The fraction of sp³-hybridized carbons (Fsp3) is 0.409. The van der Waals surface area contributed by atoms with Crippen molar-refractivity contribution < 1.29 is 18.4 Å². The lowest BCUT2D eigenvalue weighted by molar-refractivity contribution is -0.130. The van der Waals surface area contributed by atoms with Gasteiger partial charge in [0.25, 0.3) is 0 Å². The molecule has 29 heavy (non-hydrogen) atoms. The number of rotatable bonds is 4. The zero-order valence-electron chi connectivity index (χ0n) is 16.9. The van der Waals surface area contributed by atoms with E-state index in [-0.39, 0.29) is 17.7 Å². The van der Waals surface area contributed by atoms with Gasteiger partial charge in [0.15, 0.2) is 0 Å². The monoisotopic (exact) mass is 401 g/mol. The van der Waals surface area contributed by atoms with Crippen LogP contribution in [0.2, 0.25) is 0 Å². The number of hydrogen-bond donors (Lipinski definition) is 1. The van der Waals surface area contributed by atoms with E-state index in [9.17, 15) is 18.4 Å². The van der Waals surface area contributed by atoms with Crippen LogP contribution in [-0.4, -0.2) is 34.8 Å². The van der Waals surface area contributed by atoms with Crippen molar-refractivity contribution in [2.24, 2.45) is 5.92 Å². The maximum Gasteiger partial charge on any atom is 0.225 e. The summed E-state index contributed by atoms with van der Waals surface area (Å²) in [4.78, 5) is 30.0. The van der Waals surface area contributed by atoms with Crippen LogP contribution in [0.4, 0.5) is 14.6 Å². The summed E-state index contributed by atoms with van der Waals surface area (Å²) in [6.45, 7) is 6.58. The number of amides is 2. The number of benzene rings is 1. The summed E-state index contributed by atoms with van der Waals surface area (Å²) in [5.74, 6) is -0.654. The minimum Gasteiger partial charge on any atom is -0.343 e. The molecule has 0 radical (unpaired) electrons. The van der Waals surface area contributed by atoms with Gasteiger partial charge >= 0.3 is 0 Å². The molecule has 1 aliphatic rings. The number of hydrogen-bond acceptors (Lipinski definition) is 3. The number of aromatic nitrogens is 1. The second-order valence-electron chi connectivity index (χ2n) is 7.63. The van der Waals surface area contributed by atoms with Crippen LogP contribution in [0.5, 0.6) is 0 Å². The zero-order chi connectivity index (χ0) is 21.1. The van der Waals surface area contributed by atoms with Gasteiger partial charge in [-0.3, -0.25) is 9.59 Å². The van der Waals surface area contributed by atoms with Crippen LogP contribution in [0.3, 0.4) is 0 Å². The molecule has 1 aliphatic heterocycles. The molecule has 2 heterocycles. The van der Waals surface area contributed by atoms with Gasteiger partial charge in [-0.25, -0.2) is 13.8 Å². The van der Waals surface area contributed by atoms with Gasteiger partial charge in [0.2, 0.25) is 11.8 Å². The summed E-state index contributed by atoms with van der Waals surface area (Å²) in [5.41, 5.74) is 2.59. The predicted octanol–water partition coefficient (Wildman–Crippen LogP) is 4.23. The molecule has 154 valence electrons. The second kappa shape index (κ2) is 8.68. The van der Waals surface area contributed by atoms with Gasteiger partial charge in [-0.2, -0.15) is 0 Å². The molecule has 0 aliphatic carbocycles. The van der Waals surface area contributed by atoms with E-state index in [1.54, 1.807) is 11.8 Å². The van der Waals surface area contributed by atoms with E-state index in [0.717, 1.165) is 30.0 Å². The largest absolute Gasteiger partial charge is 0.343 e. The van der Waals surface area contributed by atoms with Crippen molar-refractivity contribution in [2.75, 3.05) is 18.4 Å². The molecule has 2 amide bonds. The third-order valence-electron chi connectivity index (χ3n) is 5.61. The smallest absolute Gasteiger partial charge is 0.225 e. The van der Waals surface area contributed by atoms with Crippen molar-refractivity contribution in [1.82, 2.24) is 9.88 Å². The van der Waals surface area contributed by atoms with Crippen molar-refractivity contribution >= 4 is 17.6 Å². The summed E-state index contributed by atoms with van der Waals surface area (Å²) in [6, 6.07) is 3.35. The van der Waals surface area contributed by atoms with Crippen LogP contribution in [-0.2, 0) is 9.59 Å². The second-order valence-corrected chi connectivity index (χ2v) is 7.63. The third-order valence-corrected chi connectivity index (χ3v) is 5.61. The first-order valence-electron chi connectivity index (χ1n) is 9.72. The van der Waals surface area contributed by atoms with Crippen LogP contribution < -0.4 is 5.32 Å². The van der Waals surface area contributed by atoms with E-state index in [2.05, 4.69) is 10.3 Å². The lowest BCUT2D eigenvalue weighted by Gasteiger charge is -2.30. The topological polar surface area (TPSA) is 62.3 Å². The van der Waals surface area contributed by atoms with Gasteiger partial charge in [-0.15, -0.1) is 0 Å². The molecule has 0 unspecified atom stereocenters. The summed E-state index contributed by atoms with van der Waals surface area (Å²) in [5, 5.41) is 2.86. The maximum absolute atomic E-state index is 13.5. The van der Waals surface area contributed by atoms with E-state index in [1.165, 1.54) is 18.3 Å². The first-order chi connectivity index (χ1) is 13.7. The Balaban J connectivity index is 1.68. The van der Waals surface area contributed by atoms with Gasteiger partial charge < -0.3 is 10.2 Å². The molecular formula is C22H25F2N3O2. The van der Waals surface area contributed by atoms with E-state index < -0.39 is 11.6 Å². The number of pyridine rings is 1. The van der Waals surface area contributed by atoms with E-state index in [4.69, 9.17) is 0 Å². The Morgan fingerprint density at radius 3 is 2.31 bits per heavy atom. The molecular weight excluding hydrogens is 376 g/mol. The van der Waals surface area contributed by atoms with Gasteiger partial charge in [0, 0.05) is 44.3 Å². The average molecular weight is 401 g/mol. The Labute approximate surface area is 169 Å². The van der Waals surface area contributed by atoms with E-state index >= 15 is 0 Å². The van der Waals surface area contributed by atoms with Crippen molar-refractivity contribution in [2.45, 2.75) is 40.0 Å². The summed E-state index contributed by atoms with van der Waals surface area (Å²) < 4.78 is 27.1. The van der Waals surface area contributed by atoms with E-state index in [0.29, 0.717) is 36.5 Å².